The van der Waals surface area contributed by atoms with E-state index in [-0.39, 0.29) is 11.1 Å². The first kappa shape index (κ1) is 18.6. The lowest BCUT2D eigenvalue weighted by Gasteiger charge is -2.12. The molecule has 1 aromatic carbocycles. The van der Waals surface area contributed by atoms with Crippen molar-refractivity contribution in [3.8, 4) is 0 Å². The van der Waals surface area contributed by atoms with Gasteiger partial charge in [0.2, 0.25) is 11.8 Å². The number of anilines is 2. The van der Waals surface area contributed by atoms with E-state index in [2.05, 4.69) is 10.6 Å². The van der Waals surface area contributed by atoms with Gasteiger partial charge in [-0.15, -0.1) is 0 Å². The summed E-state index contributed by atoms with van der Waals surface area (Å²) in [4.78, 5) is 45.6. The number of hydrogen-bond donors (Lipinski definition) is 4. The molecule has 0 aliphatic rings. The fraction of sp³-hybridized carbons (Fsp3) is 0.125. The zero-order valence-corrected chi connectivity index (χ0v) is 13.3. The van der Waals surface area contributed by atoms with Gasteiger partial charge in [-0.2, -0.15) is 0 Å². The fourth-order valence-electron chi connectivity index (χ4n) is 1.70. The summed E-state index contributed by atoms with van der Waals surface area (Å²) in [7, 11) is 0. The van der Waals surface area contributed by atoms with Crippen LogP contribution in [0.4, 0.5) is 11.4 Å². The van der Waals surface area contributed by atoms with E-state index in [0.717, 1.165) is 12.2 Å². The molecule has 1 aromatic rings. The summed E-state index contributed by atoms with van der Waals surface area (Å²) >= 11 is 0. The Morgan fingerprint density at radius 3 is 1.42 bits per heavy atom. The first-order chi connectivity index (χ1) is 11.2. The third kappa shape index (κ3) is 5.76. The van der Waals surface area contributed by atoms with Crippen LogP contribution in [0.5, 0.6) is 0 Å². The summed E-state index contributed by atoms with van der Waals surface area (Å²) in [5.41, 5.74) is 10.9. The van der Waals surface area contributed by atoms with Gasteiger partial charge >= 0.3 is 0 Å². The van der Waals surface area contributed by atoms with Crippen molar-refractivity contribution in [1.82, 2.24) is 0 Å². The standard InChI is InChI=1S/C16H18N4O4/c1-9(7-13(17)21)15(23)19-11-5-3-4-6-12(11)20-16(24)10(2)8-14(18)22/h3-8H,1-2H3,(H2,17,21)(H2,18,22)(H,19,23)(H,20,24)/b9-7-,10-8-. The Morgan fingerprint density at radius 1 is 0.792 bits per heavy atom. The number of primary amides is 2. The van der Waals surface area contributed by atoms with Crippen molar-refractivity contribution >= 4 is 35.0 Å². The molecule has 6 N–H and O–H groups in total. The Bertz CT molecular complexity index is 687. The summed E-state index contributed by atoms with van der Waals surface area (Å²) in [5.74, 6) is -2.56. The molecule has 0 fully saturated rings. The third-order valence-corrected chi connectivity index (χ3v) is 2.86. The second-order valence-electron chi connectivity index (χ2n) is 4.91. The number of hydrogen-bond acceptors (Lipinski definition) is 4. The molecule has 0 atom stereocenters. The quantitative estimate of drug-likeness (QED) is 0.560. The number of rotatable bonds is 6. The summed E-state index contributed by atoms with van der Waals surface area (Å²) in [6.45, 7) is 2.86. The number of carbonyl (C=O) groups excluding carboxylic acids is 4. The fourth-order valence-corrected chi connectivity index (χ4v) is 1.70. The Balaban J connectivity index is 2.97. The predicted octanol–water partition coefficient (Wildman–Crippen LogP) is 0.427. The summed E-state index contributed by atoms with van der Waals surface area (Å²) in [5, 5.41) is 5.12. The minimum absolute atomic E-state index is 0.119. The van der Waals surface area contributed by atoms with Crippen LogP contribution in [0.15, 0.2) is 47.6 Å². The Kier molecular flexibility index (Phi) is 6.42. The Morgan fingerprint density at radius 2 is 1.12 bits per heavy atom. The summed E-state index contributed by atoms with van der Waals surface area (Å²) in [6.07, 6.45) is 1.99. The van der Waals surface area contributed by atoms with Crippen molar-refractivity contribution < 1.29 is 19.2 Å². The van der Waals surface area contributed by atoms with Gasteiger partial charge in [0.1, 0.15) is 0 Å². The van der Waals surface area contributed by atoms with Gasteiger partial charge in [0.15, 0.2) is 0 Å². The van der Waals surface area contributed by atoms with E-state index in [1.54, 1.807) is 24.3 Å². The van der Waals surface area contributed by atoms with Gasteiger partial charge in [-0.05, 0) is 26.0 Å². The topological polar surface area (TPSA) is 144 Å². The zero-order valence-electron chi connectivity index (χ0n) is 13.3. The third-order valence-electron chi connectivity index (χ3n) is 2.86. The molecule has 0 bridgehead atoms. The number of amides is 4. The van der Waals surface area contributed by atoms with Gasteiger partial charge in [0.05, 0.1) is 11.4 Å². The maximum Gasteiger partial charge on any atom is 0.251 e. The Labute approximate surface area is 138 Å². The second-order valence-corrected chi connectivity index (χ2v) is 4.91. The highest BCUT2D eigenvalue weighted by molar-refractivity contribution is 6.11. The van der Waals surface area contributed by atoms with Crippen molar-refractivity contribution in [2.24, 2.45) is 11.5 Å². The van der Waals surface area contributed by atoms with Crippen LogP contribution in [0.25, 0.3) is 0 Å². The molecule has 8 nitrogen and oxygen atoms in total. The lowest BCUT2D eigenvalue weighted by molar-refractivity contribution is -0.115. The molecule has 0 saturated carbocycles. The molecular formula is C16H18N4O4. The molecule has 0 unspecified atom stereocenters. The van der Waals surface area contributed by atoms with Crippen LogP contribution < -0.4 is 22.1 Å². The predicted molar refractivity (Wildman–Crippen MR) is 89.6 cm³/mol. The van der Waals surface area contributed by atoms with Crippen LogP contribution in [0.1, 0.15) is 13.8 Å². The maximum atomic E-state index is 12.0. The molecule has 126 valence electrons. The normalized spacial score (nSPS) is 11.6. The van der Waals surface area contributed by atoms with Crippen LogP contribution in [0, 0.1) is 0 Å². The van der Waals surface area contributed by atoms with E-state index in [9.17, 15) is 19.2 Å². The highest BCUT2D eigenvalue weighted by Crippen LogP contribution is 2.22. The van der Waals surface area contributed by atoms with Crippen LogP contribution in [0.2, 0.25) is 0 Å². The molecule has 8 heteroatoms. The van der Waals surface area contributed by atoms with Crippen LogP contribution >= 0.6 is 0 Å². The lowest BCUT2D eigenvalue weighted by Crippen LogP contribution is -2.19. The average molecular weight is 330 g/mol. The molecule has 0 radical (unpaired) electrons. The first-order valence-corrected chi connectivity index (χ1v) is 6.88. The molecular weight excluding hydrogens is 312 g/mol. The van der Waals surface area contributed by atoms with E-state index in [0.29, 0.717) is 11.4 Å². The van der Waals surface area contributed by atoms with E-state index >= 15 is 0 Å². The van der Waals surface area contributed by atoms with Gasteiger partial charge in [-0.1, -0.05) is 12.1 Å². The van der Waals surface area contributed by atoms with E-state index < -0.39 is 23.6 Å². The minimum atomic E-state index is -0.739. The van der Waals surface area contributed by atoms with Crippen molar-refractivity contribution in [1.29, 1.82) is 0 Å². The van der Waals surface area contributed by atoms with Crippen molar-refractivity contribution in [3.05, 3.63) is 47.6 Å². The molecule has 1 rings (SSSR count). The maximum absolute atomic E-state index is 12.0. The number of carbonyl (C=O) groups is 4. The minimum Gasteiger partial charge on any atom is -0.366 e. The lowest BCUT2D eigenvalue weighted by atomic mass is 10.2. The number of nitrogens with two attached hydrogens (primary N) is 2. The second kappa shape index (κ2) is 8.28. The van der Waals surface area contributed by atoms with Crippen LogP contribution in [-0.2, 0) is 19.2 Å². The van der Waals surface area contributed by atoms with Gasteiger partial charge in [0, 0.05) is 23.3 Å². The first-order valence-electron chi connectivity index (χ1n) is 6.88. The molecule has 0 aliphatic heterocycles. The molecule has 0 spiro atoms. The van der Waals surface area contributed by atoms with Gasteiger partial charge in [-0.25, -0.2) is 0 Å². The molecule has 0 aliphatic carbocycles. The molecule has 0 aromatic heterocycles. The largest absolute Gasteiger partial charge is 0.366 e. The van der Waals surface area contributed by atoms with E-state index in [4.69, 9.17) is 11.5 Å². The van der Waals surface area contributed by atoms with Crippen LogP contribution in [0.3, 0.4) is 0 Å². The zero-order chi connectivity index (χ0) is 18.3. The van der Waals surface area contributed by atoms with Gasteiger partial charge < -0.3 is 22.1 Å². The van der Waals surface area contributed by atoms with Crippen LogP contribution in [-0.4, -0.2) is 23.6 Å². The SMILES string of the molecule is C/C(=C/C(N)=O)C(=O)Nc1ccccc1NC(=O)/C(C)=C\C(N)=O. The molecule has 4 amide bonds. The van der Waals surface area contributed by atoms with Crippen molar-refractivity contribution in [2.45, 2.75) is 13.8 Å². The van der Waals surface area contributed by atoms with Gasteiger partial charge in [-0.3, -0.25) is 19.2 Å². The van der Waals surface area contributed by atoms with Gasteiger partial charge in [0.25, 0.3) is 11.8 Å². The van der Waals surface area contributed by atoms with E-state index in [1.165, 1.54) is 13.8 Å². The number of benzene rings is 1. The highest BCUT2D eigenvalue weighted by Gasteiger charge is 2.12. The summed E-state index contributed by atoms with van der Waals surface area (Å²) in [6, 6.07) is 6.45. The summed E-state index contributed by atoms with van der Waals surface area (Å²) < 4.78 is 0. The monoisotopic (exact) mass is 330 g/mol. The highest BCUT2D eigenvalue weighted by atomic mass is 16.2. The van der Waals surface area contributed by atoms with Crippen molar-refractivity contribution in [2.75, 3.05) is 10.6 Å². The van der Waals surface area contributed by atoms with Crippen molar-refractivity contribution in [3.63, 3.8) is 0 Å². The molecule has 0 heterocycles. The average Bonchev–Trinajstić information content (AvgIpc) is 2.47. The molecule has 0 saturated heterocycles. The van der Waals surface area contributed by atoms with E-state index in [1.807, 2.05) is 0 Å². The smallest absolute Gasteiger partial charge is 0.251 e. The number of para-hydroxylation sites is 2. The number of nitrogens with one attached hydrogen (secondary N) is 2. The Hall–Kier alpha value is -3.42. The molecule has 24 heavy (non-hydrogen) atoms.